The molecule has 214 valence electrons. The molecule has 0 amide bonds. The number of methoxy groups -OCH3 is 3. The van der Waals surface area contributed by atoms with Crippen LogP contribution in [-0.2, 0) is 26.1 Å². The summed E-state index contributed by atoms with van der Waals surface area (Å²) in [5, 5.41) is 11.6. The average Bonchev–Trinajstić information content (AvgIpc) is 3.63. The zero-order chi connectivity index (χ0) is 28.5. The molecule has 2 aliphatic rings. The van der Waals surface area contributed by atoms with Gasteiger partial charge in [0.05, 0.1) is 32.6 Å². The number of aromatic nitrogens is 1. The highest BCUT2D eigenvalue weighted by atomic mass is 32.1. The van der Waals surface area contributed by atoms with E-state index in [9.17, 15) is 9.90 Å². The lowest BCUT2D eigenvalue weighted by atomic mass is 9.91. The Morgan fingerprint density at radius 3 is 2.37 bits per heavy atom. The van der Waals surface area contributed by atoms with Crippen LogP contribution in [0, 0.1) is 0 Å². The summed E-state index contributed by atoms with van der Waals surface area (Å²) in [5.74, 6) is 1.08. The van der Waals surface area contributed by atoms with Gasteiger partial charge in [0.15, 0.2) is 11.5 Å². The second-order valence-corrected chi connectivity index (χ2v) is 11.7. The molecule has 0 bridgehead atoms. The number of hydrogen-bond acceptors (Lipinski definition) is 8. The van der Waals surface area contributed by atoms with Crippen LogP contribution < -0.4 is 14.2 Å². The largest absolute Gasteiger partial charge is 0.497 e. The first kappa shape index (κ1) is 27.5. The van der Waals surface area contributed by atoms with Gasteiger partial charge in [-0.1, -0.05) is 18.2 Å². The van der Waals surface area contributed by atoms with Crippen LogP contribution in [0.25, 0.3) is 21.3 Å². The molecule has 1 saturated heterocycles. The van der Waals surface area contributed by atoms with E-state index in [1.165, 1.54) is 16.0 Å². The minimum Gasteiger partial charge on any atom is -0.497 e. The fraction of sp³-hybridized carbons (Fsp3) is 0.375. The second-order valence-electron chi connectivity index (χ2n) is 10.7. The molecule has 1 N–H and O–H groups in total. The van der Waals surface area contributed by atoms with Crippen LogP contribution in [0.4, 0.5) is 0 Å². The third kappa shape index (κ3) is 5.37. The average molecular weight is 574 g/mol. The number of thiophene rings is 1. The highest BCUT2D eigenvalue weighted by Crippen LogP contribution is 2.44. The van der Waals surface area contributed by atoms with E-state index < -0.39 is 5.97 Å². The normalized spacial score (nSPS) is 15.7. The van der Waals surface area contributed by atoms with E-state index in [0.717, 1.165) is 79.1 Å². The van der Waals surface area contributed by atoms with Crippen molar-refractivity contribution in [3.8, 4) is 28.4 Å². The minimum absolute atomic E-state index is 0.290. The van der Waals surface area contributed by atoms with Crippen LogP contribution in [0.5, 0.6) is 17.2 Å². The molecule has 0 atom stereocenters. The molecule has 4 aromatic rings. The van der Waals surface area contributed by atoms with E-state index in [1.807, 2.05) is 30.3 Å². The zero-order valence-electron chi connectivity index (χ0n) is 23.7. The van der Waals surface area contributed by atoms with E-state index in [4.69, 9.17) is 19.2 Å². The Morgan fingerprint density at radius 2 is 1.68 bits per heavy atom. The summed E-state index contributed by atoms with van der Waals surface area (Å²) in [5.41, 5.74) is 4.91. The van der Waals surface area contributed by atoms with Crippen molar-refractivity contribution in [1.29, 1.82) is 0 Å². The van der Waals surface area contributed by atoms with Crippen molar-refractivity contribution in [2.75, 3.05) is 41.0 Å². The molecule has 9 heteroatoms. The molecule has 6 rings (SSSR count). The quantitative estimate of drug-likeness (QED) is 0.267. The molecule has 0 unspecified atom stereocenters. The number of nitrogens with zero attached hydrogens (tertiary/aromatic N) is 3. The molecule has 2 aromatic carbocycles. The second kappa shape index (κ2) is 11.7. The van der Waals surface area contributed by atoms with Gasteiger partial charge in [-0.3, -0.25) is 9.80 Å². The van der Waals surface area contributed by atoms with Crippen LogP contribution in [0.2, 0.25) is 0 Å². The Hall–Kier alpha value is -3.66. The first-order chi connectivity index (χ1) is 20.0. The summed E-state index contributed by atoms with van der Waals surface area (Å²) in [6.07, 6.45) is 3.09. The number of ether oxygens (including phenoxy) is 3. The third-order valence-electron chi connectivity index (χ3n) is 8.17. The minimum atomic E-state index is -0.949. The predicted molar refractivity (Wildman–Crippen MR) is 160 cm³/mol. The van der Waals surface area contributed by atoms with Crippen molar-refractivity contribution in [3.05, 3.63) is 69.7 Å². The number of carboxylic acids is 1. The number of benzene rings is 2. The van der Waals surface area contributed by atoms with Gasteiger partial charge in [-0.2, -0.15) is 0 Å². The van der Waals surface area contributed by atoms with Crippen LogP contribution in [-0.4, -0.2) is 66.8 Å². The molecule has 41 heavy (non-hydrogen) atoms. The van der Waals surface area contributed by atoms with Gasteiger partial charge in [0, 0.05) is 42.0 Å². The van der Waals surface area contributed by atoms with Gasteiger partial charge in [0.25, 0.3) is 0 Å². The predicted octanol–water partition coefficient (Wildman–Crippen LogP) is 5.84. The van der Waals surface area contributed by atoms with Gasteiger partial charge in [-0.15, -0.1) is 11.3 Å². The Kier molecular flexibility index (Phi) is 7.84. The van der Waals surface area contributed by atoms with E-state index in [-0.39, 0.29) is 5.56 Å². The van der Waals surface area contributed by atoms with Crippen molar-refractivity contribution in [2.24, 2.45) is 0 Å². The Morgan fingerprint density at radius 1 is 0.927 bits per heavy atom. The monoisotopic (exact) mass is 573 g/mol. The summed E-state index contributed by atoms with van der Waals surface area (Å²) in [6, 6.07) is 13.9. The smallest absolute Gasteiger partial charge is 0.338 e. The van der Waals surface area contributed by atoms with E-state index >= 15 is 0 Å². The SMILES string of the molecule is COc1ccc(CN2CCc3c(sc4nc(CN5CCCC5)c(C(=O)O)c(-c5ccc(OC)c(OC)c5)c34)C2)cc1. The number of fused-ring (bicyclic) bond motifs is 3. The summed E-state index contributed by atoms with van der Waals surface area (Å²) >= 11 is 1.70. The maximum absolute atomic E-state index is 13.0. The van der Waals surface area contributed by atoms with E-state index in [2.05, 4.69) is 21.9 Å². The maximum Gasteiger partial charge on any atom is 0.338 e. The Balaban J connectivity index is 1.47. The number of carboxylic acid groups (broad SMARTS) is 1. The summed E-state index contributed by atoms with van der Waals surface area (Å²) in [7, 11) is 4.88. The Labute approximate surface area is 244 Å². The number of rotatable bonds is 9. The number of likely N-dealkylation sites (tertiary alicyclic amines) is 1. The van der Waals surface area contributed by atoms with Crippen molar-refractivity contribution >= 4 is 27.5 Å². The zero-order valence-corrected chi connectivity index (χ0v) is 24.6. The first-order valence-electron chi connectivity index (χ1n) is 14.0. The highest BCUT2D eigenvalue weighted by molar-refractivity contribution is 7.19. The van der Waals surface area contributed by atoms with Gasteiger partial charge >= 0.3 is 5.97 Å². The molecule has 0 aliphatic carbocycles. The molecular formula is C32H35N3O5S. The number of carbonyl (C=O) groups is 1. The molecule has 0 radical (unpaired) electrons. The summed E-state index contributed by atoms with van der Waals surface area (Å²) in [4.78, 5) is 24.9. The molecule has 8 nitrogen and oxygen atoms in total. The lowest BCUT2D eigenvalue weighted by molar-refractivity contribution is 0.0695. The summed E-state index contributed by atoms with van der Waals surface area (Å²) in [6.45, 7) is 4.99. The van der Waals surface area contributed by atoms with Gasteiger partial charge in [0.1, 0.15) is 10.6 Å². The molecule has 2 aliphatic heterocycles. The van der Waals surface area contributed by atoms with E-state index in [0.29, 0.717) is 23.7 Å². The number of pyridine rings is 1. The molecule has 1 fully saturated rings. The van der Waals surface area contributed by atoms with Crippen LogP contribution in [0.1, 0.15) is 44.9 Å². The topological polar surface area (TPSA) is 84.4 Å². The fourth-order valence-corrected chi connectivity index (χ4v) is 7.42. The van der Waals surface area contributed by atoms with Crippen molar-refractivity contribution in [2.45, 2.75) is 38.9 Å². The molecule has 0 saturated carbocycles. The molecule has 4 heterocycles. The fourth-order valence-electron chi connectivity index (χ4n) is 6.13. The first-order valence-corrected chi connectivity index (χ1v) is 14.8. The van der Waals surface area contributed by atoms with Crippen molar-refractivity contribution in [1.82, 2.24) is 14.8 Å². The van der Waals surface area contributed by atoms with Gasteiger partial charge < -0.3 is 19.3 Å². The highest BCUT2D eigenvalue weighted by Gasteiger charge is 2.30. The van der Waals surface area contributed by atoms with Crippen LogP contribution >= 0.6 is 11.3 Å². The standard InChI is InChI=1S/C32H35N3O5S/c1-38-22-9-6-20(7-10-22)17-35-15-12-23-27(19-35)41-31-29(23)28(21-8-11-25(39-2)26(16-21)40-3)30(32(36)37)24(33-31)18-34-13-4-5-14-34/h6-11,16H,4-5,12-15,17-19H2,1-3H3,(H,36,37). The van der Waals surface area contributed by atoms with E-state index in [1.54, 1.807) is 32.7 Å². The number of hydrogen-bond donors (Lipinski definition) is 1. The lowest BCUT2D eigenvalue weighted by Crippen LogP contribution is -2.29. The maximum atomic E-state index is 13.0. The van der Waals surface area contributed by atoms with Gasteiger partial charge in [-0.05, 0) is 73.3 Å². The number of aromatic carboxylic acids is 1. The van der Waals surface area contributed by atoms with Gasteiger partial charge in [0.2, 0.25) is 0 Å². The third-order valence-corrected chi connectivity index (χ3v) is 9.28. The Bertz CT molecular complexity index is 1580. The van der Waals surface area contributed by atoms with Gasteiger partial charge in [-0.25, -0.2) is 9.78 Å². The van der Waals surface area contributed by atoms with Crippen LogP contribution in [0.3, 0.4) is 0 Å². The summed E-state index contributed by atoms with van der Waals surface area (Å²) < 4.78 is 16.4. The lowest BCUT2D eigenvalue weighted by Gasteiger charge is -2.27. The molecule has 0 spiro atoms. The van der Waals surface area contributed by atoms with Crippen LogP contribution in [0.15, 0.2) is 42.5 Å². The molecule has 2 aromatic heterocycles. The van der Waals surface area contributed by atoms with Crippen molar-refractivity contribution in [3.63, 3.8) is 0 Å². The van der Waals surface area contributed by atoms with Crippen molar-refractivity contribution < 1.29 is 24.1 Å². The molecular weight excluding hydrogens is 538 g/mol.